The normalized spacial score (nSPS) is 10.3. The second-order valence-corrected chi connectivity index (χ2v) is 5.83. The van der Waals surface area contributed by atoms with E-state index >= 15 is 0 Å². The van der Waals surface area contributed by atoms with Gasteiger partial charge in [0.2, 0.25) is 0 Å². The Labute approximate surface area is 144 Å². The number of amides is 1. The largest absolute Gasteiger partial charge is 0.490 e. The summed E-state index contributed by atoms with van der Waals surface area (Å²) in [7, 11) is 0. The molecule has 0 spiro atoms. The number of ether oxygens (including phenoxy) is 2. The van der Waals surface area contributed by atoms with E-state index in [0.29, 0.717) is 34.7 Å². The molecule has 1 N–H and O–H groups in total. The van der Waals surface area contributed by atoms with Crippen molar-refractivity contribution in [2.24, 2.45) is 0 Å². The van der Waals surface area contributed by atoms with Gasteiger partial charge in [0.05, 0.1) is 17.7 Å². The maximum absolute atomic E-state index is 12.5. The van der Waals surface area contributed by atoms with Gasteiger partial charge in [0.25, 0.3) is 5.91 Å². The second-order valence-electron chi connectivity index (χ2n) is 4.97. The topological polar surface area (TPSA) is 47.6 Å². The first kappa shape index (κ1) is 17.3. The first-order valence-electron chi connectivity index (χ1n) is 7.52. The molecule has 0 unspecified atom stereocenters. The van der Waals surface area contributed by atoms with Gasteiger partial charge >= 0.3 is 0 Å². The molecule has 0 saturated carbocycles. The molecule has 5 heteroatoms. The lowest BCUT2D eigenvalue weighted by atomic mass is 10.1. The third kappa shape index (κ3) is 4.48. The number of rotatable bonds is 6. The van der Waals surface area contributed by atoms with Crippen LogP contribution in [0.15, 0.2) is 40.9 Å². The lowest BCUT2D eigenvalue weighted by Gasteiger charge is -2.14. The number of nitrogens with one attached hydrogen (secondary N) is 1. The molecular formula is C18H20BrNO3. The van der Waals surface area contributed by atoms with Gasteiger partial charge in [0.1, 0.15) is 0 Å². The number of hydrogen-bond acceptors (Lipinski definition) is 3. The summed E-state index contributed by atoms with van der Waals surface area (Å²) in [4.78, 5) is 12.5. The standard InChI is InChI=1S/C18H20BrNO3/c1-4-22-16-11-13(10-15(19)17(16)23-5-2)18(21)20-14-8-6-7-12(3)9-14/h6-11H,4-5H2,1-3H3,(H,20,21). The maximum atomic E-state index is 12.5. The summed E-state index contributed by atoms with van der Waals surface area (Å²) < 4.78 is 11.9. The highest BCUT2D eigenvalue weighted by Crippen LogP contribution is 2.37. The molecule has 0 saturated heterocycles. The van der Waals surface area contributed by atoms with Gasteiger partial charge in [0.15, 0.2) is 11.5 Å². The van der Waals surface area contributed by atoms with Crippen LogP contribution in [0, 0.1) is 6.92 Å². The average Bonchev–Trinajstić information content (AvgIpc) is 2.50. The fourth-order valence-electron chi connectivity index (χ4n) is 2.17. The van der Waals surface area contributed by atoms with Crippen molar-refractivity contribution in [3.63, 3.8) is 0 Å². The smallest absolute Gasteiger partial charge is 0.255 e. The Bertz CT molecular complexity index is 701. The molecule has 2 rings (SSSR count). The molecule has 0 aliphatic rings. The summed E-state index contributed by atoms with van der Waals surface area (Å²) in [5.74, 6) is 0.972. The van der Waals surface area contributed by atoms with E-state index in [1.165, 1.54) is 0 Å². The zero-order valence-electron chi connectivity index (χ0n) is 13.5. The van der Waals surface area contributed by atoms with Crippen LogP contribution in [-0.2, 0) is 0 Å². The Morgan fingerprint density at radius 2 is 1.87 bits per heavy atom. The highest BCUT2D eigenvalue weighted by Gasteiger charge is 2.16. The van der Waals surface area contributed by atoms with E-state index in [9.17, 15) is 4.79 Å². The predicted octanol–water partition coefficient (Wildman–Crippen LogP) is 4.81. The fraction of sp³-hybridized carbons (Fsp3) is 0.278. The molecule has 23 heavy (non-hydrogen) atoms. The highest BCUT2D eigenvalue weighted by molar-refractivity contribution is 9.10. The van der Waals surface area contributed by atoms with Crippen molar-refractivity contribution in [3.05, 3.63) is 52.0 Å². The fourth-order valence-corrected chi connectivity index (χ4v) is 2.73. The number of carbonyl (C=O) groups is 1. The van der Waals surface area contributed by atoms with Crippen LogP contribution in [-0.4, -0.2) is 19.1 Å². The summed E-state index contributed by atoms with van der Waals surface area (Å²) in [5.41, 5.74) is 2.36. The molecule has 0 aliphatic carbocycles. The van der Waals surface area contributed by atoms with Gasteiger partial charge in [-0.1, -0.05) is 12.1 Å². The molecule has 0 fully saturated rings. The van der Waals surface area contributed by atoms with E-state index < -0.39 is 0 Å². The summed E-state index contributed by atoms with van der Waals surface area (Å²) in [6.45, 7) is 6.79. The number of halogens is 1. The lowest BCUT2D eigenvalue weighted by molar-refractivity contribution is 0.102. The van der Waals surface area contributed by atoms with Gasteiger partial charge in [-0.25, -0.2) is 0 Å². The first-order valence-corrected chi connectivity index (χ1v) is 8.31. The lowest BCUT2D eigenvalue weighted by Crippen LogP contribution is -2.12. The summed E-state index contributed by atoms with van der Waals surface area (Å²) >= 11 is 3.45. The Morgan fingerprint density at radius 1 is 1.13 bits per heavy atom. The van der Waals surface area contributed by atoms with Gasteiger partial charge < -0.3 is 14.8 Å². The third-order valence-electron chi connectivity index (χ3n) is 3.14. The van der Waals surface area contributed by atoms with E-state index in [-0.39, 0.29) is 5.91 Å². The van der Waals surface area contributed by atoms with E-state index in [4.69, 9.17) is 9.47 Å². The van der Waals surface area contributed by atoms with Gasteiger partial charge in [-0.2, -0.15) is 0 Å². The van der Waals surface area contributed by atoms with E-state index in [1.807, 2.05) is 45.0 Å². The molecule has 122 valence electrons. The zero-order valence-corrected chi connectivity index (χ0v) is 15.1. The zero-order chi connectivity index (χ0) is 16.8. The molecule has 2 aromatic carbocycles. The molecule has 0 atom stereocenters. The number of carbonyl (C=O) groups excluding carboxylic acids is 1. The highest BCUT2D eigenvalue weighted by atomic mass is 79.9. The van der Waals surface area contributed by atoms with E-state index in [2.05, 4.69) is 21.2 Å². The summed E-state index contributed by atoms with van der Waals surface area (Å²) in [6, 6.07) is 11.1. The molecule has 0 aliphatic heterocycles. The monoisotopic (exact) mass is 377 g/mol. The Hall–Kier alpha value is -2.01. The number of anilines is 1. The van der Waals surface area contributed by atoms with Crippen LogP contribution in [0.25, 0.3) is 0 Å². The molecule has 0 heterocycles. The Balaban J connectivity index is 2.29. The van der Waals surface area contributed by atoms with Crippen LogP contribution in [0.1, 0.15) is 29.8 Å². The summed E-state index contributed by atoms with van der Waals surface area (Å²) in [6.07, 6.45) is 0. The van der Waals surface area contributed by atoms with Crippen molar-refractivity contribution >= 4 is 27.5 Å². The summed E-state index contributed by atoms with van der Waals surface area (Å²) in [5, 5.41) is 2.89. The Morgan fingerprint density at radius 3 is 2.52 bits per heavy atom. The number of benzene rings is 2. The van der Waals surface area contributed by atoms with Crippen molar-refractivity contribution in [3.8, 4) is 11.5 Å². The first-order chi connectivity index (χ1) is 11.0. The van der Waals surface area contributed by atoms with Crippen molar-refractivity contribution in [1.82, 2.24) is 0 Å². The van der Waals surface area contributed by atoms with Gasteiger partial charge in [-0.3, -0.25) is 4.79 Å². The predicted molar refractivity (Wildman–Crippen MR) is 95.6 cm³/mol. The molecule has 0 bridgehead atoms. The molecule has 4 nitrogen and oxygen atoms in total. The molecule has 0 radical (unpaired) electrons. The van der Waals surface area contributed by atoms with Gasteiger partial charge in [0, 0.05) is 11.3 Å². The average molecular weight is 378 g/mol. The SMILES string of the molecule is CCOc1cc(C(=O)Nc2cccc(C)c2)cc(Br)c1OCC. The van der Waals surface area contributed by atoms with Crippen LogP contribution in [0.2, 0.25) is 0 Å². The van der Waals surface area contributed by atoms with Crippen LogP contribution >= 0.6 is 15.9 Å². The third-order valence-corrected chi connectivity index (χ3v) is 3.73. The minimum Gasteiger partial charge on any atom is -0.490 e. The van der Waals surface area contributed by atoms with Crippen LogP contribution in [0.3, 0.4) is 0 Å². The maximum Gasteiger partial charge on any atom is 0.255 e. The molecule has 2 aromatic rings. The minimum atomic E-state index is -0.194. The molecule has 0 aromatic heterocycles. The van der Waals surface area contributed by atoms with E-state index in [0.717, 1.165) is 11.3 Å². The van der Waals surface area contributed by atoms with E-state index in [1.54, 1.807) is 12.1 Å². The Kier molecular flexibility index (Phi) is 6.04. The van der Waals surface area contributed by atoms with Gasteiger partial charge in [-0.15, -0.1) is 0 Å². The second kappa shape index (κ2) is 8.02. The van der Waals surface area contributed by atoms with Crippen molar-refractivity contribution in [2.45, 2.75) is 20.8 Å². The van der Waals surface area contributed by atoms with Crippen LogP contribution in [0.5, 0.6) is 11.5 Å². The molecule has 1 amide bonds. The van der Waals surface area contributed by atoms with Gasteiger partial charge in [-0.05, 0) is 66.5 Å². The number of hydrogen-bond donors (Lipinski definition) is 1. The van der Waals surface area contributed by atoms with Crippen molar-refractivity contribution in [2.75, 3.05) is 18.5 Å². The molecular weight excluding hydrogens is 358 g/mol. The van der Waals surface area contributed by atoms with Crippen molar-refractivity contribution < 1.29 is 14.3 Å². The number of aryl methyl sites for hydroxylation is 1. The van der Waals surface area contributed by atoms with Crippen LogP contribution < -0.4 is 14.8 Å². The minimum absolute atomic E-state index is 0.194. The van der Waals surface area contributed by atoms with Crippen molar-refractivity contribution in [1.29, 1.82) is 0 Å². The quantitative estimate of drug-likeness (QED) is 0.785. The van der Waals surface area contributed by atoms with Crippen LogP contribution in [0.4, 0.5) is 5.69 Å².